The number of esters is 1. The molecule has 1 aromatic carbocycles. The number of fused-ring (bicyclic) bond motifs is 2. The van der Waals surface area contributed by atoms with Crippen molar-refractivity contribution in [2.45, 2.75) is 37.6 Å². The summed E-state index contributed by atoms with van der Waals surface area (Å²) in [6.07, 6.45) is 1.22. The molecule has 3 aliphatic rings. The molecule has 0 saturated carbocycles. The Morgan fingerprint density at radius 3 is 2.73 bits per heavy atom. The maximum Gasteiger partial charge on any atom is 0.353 e. The summed E-state index contributed by atoms with van der Waals surface area (Å²) in [5.74, 6) is -2.38. The third-order valence-electron chi connectivity index (χ3n) is 5.83. The third-order valence-corrected chi connectivity index (χ3v) is 6.89. The van der Waals surface area contributed by atoms with Gasteiger partial charge in [0.05, 0.1) is 17.5 Å². The van der Waals surface area contributed by atoms with Crippen molar-refractivity contribution in [3.63, 3.8) is 0 Å². The summed E-state index contributed by atoms with van der Waals surface area (Å²) in [5.41, 5.74) is 2.81. The Balaban J connectivity index is 1.62. The van der Waals surface area contributed by atoms with Gasteiger partial charge < -0.3 is 14.7 Å². The largest absolute Gasteiger partial charge is 0.477 e. The molecular formula is C21H17N3O5S. The van der Waals surface area contributed by atoms with Crippen molar-refractivity contribution >= 4 is 29.6 Å². The number of aliphatic carboxylic acids is 1. The fourth-order valence-corrected chi connectivity index (χ4v) is 5.41. The number of carbonyl (C=O) groups excluding carboxylic acids is 2. The van der Waals surface area contributed by atoms with E-state index in [4.69, 9.17) is 4.74 Å². The molecule has 4 heterocycles. The first-order chi connectivity index (χ1) is 14.4. The highest BCUT2D eigenvalue weighted by atomic mass is 32.2. The minimum Gasteiger partial charge on any atom is -0.477 e. The molecular weight excluding hydrogens is 406 g/mol. The van der Waals surface area contributed by atoms with Crippen LogP contribution in [0.5, 0.6) is 0 Å². The maximum atomic E-state index is 12.4. The Morgan fingerprint density at radius 1 is 1.27 bits per heavy atom. The number of hydrogen-bond acceptors (Lipinski definition) is 7. The number of nitrogens with zero attached hydrogens (tertiary/aromatic N) is 3. The Labute approximate surface area is 176 Å². The van der Waals surface area contributed by atoms with E-state index in [9.17, 15) is 19.5 Å². The molecule has 8 nitrogen and oxygen atoms in total. The van der Waals surface area contributed by atoms with Gasteiger partial charge in [0, 0.05) is 28.8 Å². The Bertz CT molecular complexity index is 1160. The lowest BCUT2D eigenvalue weighted by Crippen LogP contribution is -2.53. The summed E-state index contributed by atoms with van der Waals surface area (Å²) >= 11 is 1.12. The molecule has 1 aromatic heterocycles. The third kappa shape index (κ3) is 2.65. The summed E-state index contributed by atoms with van der Waals surface area (Å²) < 4.78 is 5.68. The van der Waals surface area contributed by atoms with Crippen LogP contribution in [-0.2, 0) is 14.3 Å². The number of benzene rings is 1. The fourth-order valence-electron chi connectivity index (χ4n) is 4.23. The molecule has 3 unspecified atom stereocenters. The molecule has 3 aliphatic heterocycles. The van der Waals surface area contributed by atoms with Crippen LogP contribution < -0.4 is 0 Å². The average Bonchev–Trinajstić information content (AvgIpc) is 3.17. The molecule has 0 radical (unpaired) electrons. The van der Waals surface area contributed by atoms with Gasteiger partial charge in [0.25, 0.3) is 0 Å². The van der Waals surface area contributed by atoms with Gasteiger partial charge in [-0.2, -0.15) is 0 Å². The second kappa shape index (κ2) is 6.66. The normalized spacial score (nSPS) is 24.5. The van der Waals surface area contributed by atoms with Gasteiger partial charge in [-0.25, -0.2) is 19.6 Å². The van der Waals surface area contributed by atoms with Crippen LogP contribution in [0.25, 0.3) is 0 Å². The molecule has 1 N–H and O–H groups in total. The van der Waals surface area contributed by atoms with Gasteiger partial charge in [-0.1, -0.05) is 30.0 Å². The zero-order valence-corrected chi connectivity index (χ0v) is 17.0. The van der Waals surface area contributed by atoms with Crippen LogP contribution in [0.2, 0.25) is 0 Å². The van der Waals surface area contributed by atoms with E-state index in [1.807, 2.05) is 26.0 Å². The molecule has 9 heteroatoms. The van der Waals surface area contributed by atoms with Gasteiger partial charge in [0.2, 0.25) is 5.91 Å². The van der Waals surface area contributed by atoms with Crippen molar-refractivity contribution in [1.29, 1.82) is 0 Å². The molecule has 2 aromatic rings. The van der Waals surface area contributed by atoms with Gasteiger partial charge in [-0.05, 0) is 25.5 Å². The minimum atomic E-state index is -1.19. The smallest absolute Gasteiger partial charge is 0.353 e. The standard InChI is InChI=1S/C21H17N3O5S/c1-9-8-22-21(23-10(9)2)30-18-15(13-7-14(25)24(13)16(18)19(26)27)17-11-5-3-4-6-12(11)20(28)29-17/h3-6,8,13,15,17H,7H2,1-2H3,(H,26,27). The van der Waals surface area contributed by atoms with Crippen LogP contribution in [0, 0.1) is 19.8 Å². The molecule has 1 amide bonds. The van der Waals surface area contributed by atoms with Gasteiger partial charge in [-0.3, -0.25) is 4.79 Å². The lowest BCUT2D eigenvalue weighted by atomic mass is 9.85. The number of thioether (sulfide) groups is 1. The predicted molar refractivity (Wildman–Crippen MR) is 105 cm³/mol. The monoisotopic (exact) mass is 423 g/mol. The van der Waals surface area contributed by atoms with Crippen molar-refractivity contribution in [3.05, 3.63) is 63.4 Å². The molecule has 0 bridgehead atoms. The second-order valence-corrected chi connectivity index (χ2v) is 8.52. The van der Waals surface area contributed by atoms with Crippen LogP contribution in [0.1, 0.15) is 39.7 Å². The lowest BCUT2D eigenvalue weighted by molar-refractivity contribution is -0.149. The number of hydrogen-bond donors (Lipinski definition) is 1. The molecule has 0 aliphatic carbocycles. The summed E-state index contributed by atoms with van der Waals surface area (Å²) in [4.78, 5) is 47.3. The Kier molecular flexibility index (Phi) is 4.18. The van der Waals surface area contributed by atoms with Gasteiger partial charge in [0.15, 0.2) is 5.16 Å². The number of β-lactam (4-membered cyclic amide) rings is 1. The van der Waals surface area contributed by atoms with E-state index in [1.165, 1.54) is 4.90 Å². The second-order valence-electron chi connectivity index (χ2n) is 7.52. The predicted octanol–water partition coefficient (Wildman–Crippen LogP) is 2.62. The molecule has 0 spiro atoms. The van der Waals surface area contributed by atoms with Gasteiger partial charge in [0.1, 0.15) is 11.8 Å². The van der Waals surface area contributed by atoms with Crippen LogP contribution in [0.3, 0.4) is 0 Å². The first-order valence-electron chi connectivity index (χ1n) is 9.44. The quantitative estimate of drug-likeness (QED) is 0.454. The van der Waals surface area contributed by atoms with E-state index in [1.54, 1.807) is 18.3 Å². The number of carboxylic acid groups (broad SMARTS) is 1. The zero-order chi connectivity index (χ0) is 21.2. The summed E-state index contributed by atoms with van der Waals surface area (Å²) in [6.45, 7) is 3.75. The number of aromatic nitrogens is 2. The van der Waals surface area contributed by atoms with E-state index in [0.29, 0.717) is 21.2 Å². The van der Waals surface area contributed by atoms with E-state index >= 15 is 0 Å². The van der Waals surface area contributed by atoms with E-state index in [2.05, 4.69) is 9.97 Å². The number of carboxylic acids is 1. The van der Waals surface area contributed by atoms with Crippen molar-refractivity contribution in [2.75, 3.05) is 0 Å². The van der Waals surface area contributed by atoms with E-state index in [0.717, 1.165) is 23.0 Å². The SMILES string of the molecule is Cc1cnc(SC2=C(C(=O)O)N3C(=O)CC3C2C2OC(=O)c3ccccc32)nc1C. The van der Waals surface area contributed by atoms with Crippen molar-refractivity contribution < 1.29 is 24.2 Å². The molecule has 1 fully saturated rings. The summed E-state index contributed by atoms with van der Waals surface area (Å²) in [5, 5.41) is 10.3. The van der Waals surface area contributed by atoms with Crippen LogP contribution >= 0.6 is 11.8 Å². The molecule has 3 atom stereocenters. The van der Waals surface area contributed by atoms with Crippen LogP contribution in [-0.4, -0.2) is 43.9 Å². The summed E-state index contributed by atoms with van der Waals surface area (Å²) in [7, 11) is 0. The number of aryl methyl sites for hydroxylation is 2. The van der Waals surface area contributed by atoms with Crippen molar-refractivity contribution in [3.8, 4) is 0 Å². The number of cyclic esters (lactones) is 1. The van der Waals surface area contributed by atoms with Crippen molar-refractivity contribution in [2.24, 2.45) is 5.92 Å². The highest BCUT2D eigenvalue weighted by Gasteiger charge is 2.58. The average molecular weight is 423 g/mol. The topological polar surface area (TPSA) is 110 Å². The number of ether oxygens (including phenoxy) is 1. The number of amides is 1. The highest BCUT2D eigenvalue weighted by Crippen LogP contribution is 2.55. The number of rotatable bonds is 4. The van der Waals surface area contributed by atoms with Gasteiger partial charge >= 0.3 is 11.9 Å². The Morgan fingerprint density at radius 2 is 2.03 bits per heavy atom. The van der Waals surface area contributed by atoms with E-state index < -0.39 is 24.0 Å². The van der Waals surface area contributed by atoms with E-state index in [-0.39, 0.29) is 24.1 Å². The fraction of sp³-hybridized carbons (Fsp3) is 0.286. The zero-order valence-electron chi connectivity index (χ0n) is 16.2. The highest BCUT2D eigenvalue weighted by molar-refractivity contribution is 8.03. The molecule has 30 heavy (non-hydrogen) atoms. The van der Waals surface area contributed by atoms with Crippen LogP contribution in [0.4, 0.5) is 0 Å². The first kappa shape index (κ1) is 18.8. The first-order valence-corrected chi connectivity index (χ1v) is 10.3. The lowest BCUT2D eigenvalue weighted by Gasteiger charge is -2.39. The molecule has 5 rings (SSSR count). The maximum absolute atomic E-state index is 12.4. The minimum absolute atomic E-state index is 0.0755. The van der Waals surface area contributed by atoms with Crippen molar-refractivity contribution in [1.82, 2.24) is 14.9 Å². The Hall–Kier alpha value is -3.20. The molecule has 152 valence electrons. The summed E-state index contributed by atoms with van der Waals surface area (Å²) in [6, 6.07) is 6.70. The van der Waals surface area contributed by atoms with Gasteiger partial charge in [-0.15, -0.1) is 0 Å². The molecule has 1 saturated heterocycles. The number of carbonyl (C=O) groups is 3. The van der Waals surface area contributed by atoms with Crippen LogP contribution in [0.15, 0.2) is 46.2 Å².